The van der Waals surface area contributed by atoms with Crippen LogP contribution in [0.25, 0.3) is 54.5 Å². The number of ketones is 1. The minimum Gasteiger partial charge on any atom is -0.396 e. The molecule has 5 aliphatic carbocycles. The normalized spacial score (nSPS) is 23.1. The van der Waals surface area contributed by atoms with Crippen LogP contribution in [0.1, 0.15) is 170 Å². The monoisotopic (exact) mass is 1970 g/mol. The van der Waals surface area contributed by atoms with Gasteiger partial charge in [-0.1, -0.05) is 64.2 Å². The van der Waals surface area contributed by atoms with E-state index in [9.17, 15) is 33.9 Å². The van der Waals surface area contributed by atoms with Gasteiger partial charge < -0.3 is 67.7 Å². The molecule has 10 fully saturated rings. The molecule has 0 bridgehead atoms. The van der Waals surface area contributed by atoms with Gasteiger partial charge in [-0.3, -0.25) is 76.7 Å². The minimum absolute atomic E-state index is 0.00129. The van der Waals surface area contributed by atoms with Crippen molar-refractivity contribution in [2.45, 2.75) is 250 Å². The number of aryl methyl sites for hydroxylation is 10. The molecule has 5 aromatic carbocycles. The summed E-state index contributed by atoms with van der Waals surface area (Å²) in [6.07, 6.45) is 25.0. The SMILES string of the molecule is C=CCOC1CCC(N2CC(NC(=O)CNc3nn(C)c4ccc(C)cc34)C2)CC1.CC(=O)C1CCC(N2CC(NC(=O)CNc3nn(C)c4ccc(C)cc34)C2)CC1.CCOC1CCC(N2CC(NC(=O)CNc3nn(C)c4ccc(C)cc34)C2)CC1.Cc1ccc2c(c1)c(NCC(=O)NC1CN(C3CCC(C#N)CC3)C1)nn2C.Cc1ccc2c(c1)c(NCC(=O)NC1CN(C3CCC(CO)CC3)C1)nn2C. The van der Waals surface area contributed by atoms with Crippen LogP contribution in [0.5, 0.6) is 0 Å². The molecule has 10 aromatic rings. The van der Waals surface area contributed by atoms with E-state index in [2.05, 4.69) is 248 Å². The number of ether oxygens (including phenoxy) is 2. The van der Waals surface area contributed by atoms with Crippen molar-refractivity contribution in [2.75, 3.05) is 145 Å². The molecular weight excluding hydrogens is 1820 g/mol. The number of carbonyl (C=O) groups excluding carboxylic acids is 6. The first-order valence-electron chi connectivity index (χ1n) is 52.9. The standard InChI is InChI=1S/C23H33N5O2.C22H31N5O2.C22H33N5O2.C21H28N6O.C21H31N5O2/c1-4-11-30-19-8-6-18(7-9-19)28-14-17(15-28)25-22(29)13-24-23-20-12-16(2)5-10-21(20)27(3)26-23;1-14-4-9-20-19(10-14)22(25-26(20)3)23-11-21(29)24-17-12-27(13-17)18-7-5-16(6-8-18)15(2)28;1-4-29-18-8-6-17(7-9-18)27-13-16(14-27)24-21(28)12-23-22-19-11-15(2)5-10-20(19)26(3)25-22;1-14-3-8-19-18(9-14)21(25-26(19)2)23-11-20(28)24-16-12-27(13-16)17-6-4-15(10-22)5-7-17;1-14-3-8-19-18(9-14)21(24-25(19)2)22-10-20(28)23-16-11-26(12-16)17-6-4-15(13-27)5-7-17/h4-5,10,12,17-19H,1,6-9,11,13-15H2,2-3H3,(H,24,26)(H,25,29);4,9-10,16-18H,5-8,11-13H2,1-3H3,(H,23,25)(H,24,29);5,10-11,16-18H,4,6-9,12-14H2,1-3H3,(H,23,25)(H,24,28);3,8-9,15-17H,4-7,11-13H2,1-2H3,(H,23,25)(H,24,28);3,8-9,15-17,27H,4-7,10-13H2,1-2H3,(H,22,24)(H,23,28). The topological polar surface area (TPSA) is 390 Å². The maximum atomic E-state index is 12.4. The van der Waals surface area contributed by atoms with Crippen molar-refractivity contribution in [3.63, 3.8) is 0 Å². The zero-order valence-electron chi connectivity index (χ0n) is 86.8. The number of likely N-dealkylation sites (tertiary alicyclic amines) is 5. The van der Waals surface area contributed by atoms with Crippen LogP contribution >= 0.6 is 0 Å². The van der Waals surface area contributed by atoms with Crippen LogP contribution in [0.3, 0.4) is 0 Å². The highest BCUT2D eigenvalue weighted by Gasteiger charge is 2.42. The number of aromatic nitrogens is 10. The Morgan fingerprint density at radius 2 is 0.604 bits per heavy atom. The van der Waals surface area contributed by atoms with Crippen molar-refractivity contribution in [3.8, 4) is 6.07 Å². The number of aliphatic hydroxyl groups excluding tert-OH is 1. The van der Waals surface area contributed by atoms with Gasteiger partial charge in [-0.25, -0.2) is 0 Å². The predicted molar refractivity (Wildman–Crippen MR) is 568 cm³/mol. The Kier molecular flexibility index (Phi) is 35.8. The highest BCUT2D eigenvalue weighted by molar-refractivity contribution is 5.97. The zero-order chi connectivity index (χ0) is 101. The van der Waals surface area contributed by atoms with Crippen LogP contribution in [0.2, 0.25) is 0 Å². The second-order valence-corrected chi connectivity index (χ2v) is 42.4. The maximum absolute atomic E-state index is 12.4. The van der Waals surface area contributed by atoms with E-state index < -0.39 is 0 Å². The van der Waals surface area contributed by atoms with E-state index in [1.807, 2.05) is 64.7 Å². The largest absolute Gasteiger partial charge is 0.396 e. The highest BCUT2D eigenvalue weighted by Crippen LogP contribution is 2.37. The highest BCUT2D eigenvalue weighted by atomic mass is 16.5. The molecule has 5 aliphatic heterocycles. The average Bonchev–Trinajstić information content (AvgIpc) is 1.69. The third-order valence-electron chi connectivity index (χ3n) is 31.4. The van der Waals surface area contributed by atoms with Crippen LogP contribution in [0.15, 0.2) is 104 Å². The first-order valence-corrected chi connectivity index (χ1v) is 52.9. The summed E-state index contributed by atoms with van der Waals surface area (Å²) in [4.78, 5) is 85.7. The minimum atomic E-state index is 0.00129. The molecule has 144 heavy (non-hydrogen) atoms. The molecule has 0 unspecified atom stereocenters. The Morgan fingerprint density at radius 3 is 0.833 bits per heavy atom. The fourth-order valence-electron chi connectivity index (χ4n) is 23.0. The molecule has 11 N–H and O–H groups in total. The fraction of sp³-hybridized carbons (Fsp3) is 0.596. The Labute approximate surface area is 847 Å². The third kappa shape index (κ3) is 27.2. The van der Waals surface area contributed by atoms with E-state index >= 15 is 0 Å². The number of rotatable bonds is 32. The number of nitrogens with zero attached hydrogens (tertiary/aromatic N) is 16. The number of fused-ring (bicyclic) bond motifs is 5. The smallest absolute Gasteiger partial charge is 0.239 e. The Morgan fingerprint density at radius 1 is 0.368 bits per heavy atom. The number of nitriles is 1. The molecule has 0 radical (unpaired) electrons. The molecule has 5 saturated carbocycles. The molecule has 10 heterocycles. The number of aliphatic hydroxyl groups is 1. The van der Waals surface area contributed by atoms with Gasteiger partial charge in [0.1, 0.15) is 5.78 Å². The van der Waals surface area contributed by atoms with Crippen LogP contribution in [-0.4, -0.2) is 304 Å². The lowest BCUT2D eigenvalue weighted by molar-refractivity contribution is -0.123. The first-order chi connectivity index (χ1) is 69.5. The van der Waals surface area contributed by atoms with E-state index in [1.54, 1.807) is 6.92 Å². The molecule has 35 heteroatoms. The second kappa shape index (κ2) is 49.1. The van der Waals surface area contributed by atoms with Gasteiger partial charge in [-0.15, -0.1) is 6.58 Å². The first kappa shape index (κ1) is 105. The third-order valence-corrected chi connectivity index (χ3v) is 31.4. The van der Waals surface area contributed by atoms with Crippen molar-refractivity contribution in [3.05, 3.63) is 131 Å². The average molecular weight is 1970 g/mol. The lowest BCUT2D eigenvalue weighted by Gasteiger charge is -2.46. The Balaban J connectivity index is 0.000000129. The molecule has 0 atom stereocenters. The fourth-order valence-corrected chi connectivity index (χ4v) is 23.0. The molecular formula is C109H156N26O9. The van der Waals surface area contributed by atoms with Gasteiger partial charge in [0.2, 0.25) is 29.5 Å². The van der Waals surface area contributed by atoms with Gasteiger partial charge in [-0.2, -0.15) is 30.8 Å². The summed E-state index contributed by atoms with van der Waals surface area (Å²) < 4.78 is 20.7. The lowest BCUT2D eigenvalue weighted by Crippen LogP contribution is -2.63. The predicted octanol–water partition coefficient (Wildman–Crippen LogP) is 11.1. The summed E-state index contributed by atoms with van der Waals surface area (Å²) in [7, 11) is 9.59. The molecule has 10 aliphatic rings. The van der Waals surface area contributed by atoms with E-state index in [4.69, 9.17) is 14.7 Å². The number of benzene rings is 5. The maximum Gasteiger partial charge on any atom is 0.239 e. The van der Waals surface area contributed by atoms with Gasteiger partial charge in [-0.05, 0) is 243 Å². The van der Waals surface area contributed by atoms with Gasteiger partial charge >= 0.3 is 0 Å². The Hall–Kier alpha value is -11.6. The molecule has 776 valence electrons. The van der Waals surface area contributed by atoms with Crippen molar-refractivity contribution >= 4 is 119 Å². The molecule has 0 spiro atoms. The summed E-state index contributed by atoms with van der Waals surface area (Å²) >= 11 is 0. The van der Waals surface area contributed by atoms with Crippen molar-refractivity contribution < 1.29 is 43.3 Å². The van der Waals surface area contributed by atoms with Crippen LogP contribution < -0.4 is 53.2 Å². The van der Waals surface area contributed by atoms with E-state index in [0.29, 0.717) is 67.3 Å². The molecule has 5 amide bonds. The molecule has 35 nitrogen and oxygen atoms in total. The summed E-state index contributed by atoms with van der Waals surface area (Å²) in [6.45, 7) is 30.1. The van der Waals surface area contributed by atoms with Gasteiger partial charge in [0.05, 0.1) is 115 Å². The molecule has 5 saturated heterocycles. The molecule has 20 rings (SSSR count). The number of nitrogens with one attached hydrogen (secondary N) is 10. The number of Topliss-reactive ketones (excluding diaryl/α,β-unsaturated/α-hetero) is 1. The summed E-state index contributed by atoms with van der Waals surface area (Å²) in [6, 6.07) is 37.8. The number of anilines is 5. The summed E-state index contributed by atoms with van der Waals surface area (Å²) in [5, 5.41) is 77.7. The van der Waals surface area contributed by atoms with Crippen molar-refractivity contribution in [1.82, 2.24) is 100.0 Å². The van der Waals surface area contributed by atoms with Crippen molar-refractivity contribution in [1.29, 1.82) is 5.26 Å². The summed E-state index contributed by atoms with van der Waals surface area (Å²) in [5.74, 6) is 5.18. The second-order valence-electron chi connectivity index (χ2n) is 42.4. The van der Waals surface area contributed by atoms with E-state index in [0.717, 1.165) is 246 Å². The van der Waals surface area contributed by atoms with Crippen LogP contribution in [0.4, 0.5) is 29.1 Å². The Bertz CT molecular complexity index is 6080. The van der Waals surface area contributed by atoms with Gasteiger partial charge in [0.25, 0.3) is 0 Å². The van der Waals surface area contributed by atoms with E-state index in [1.165, 1.54) is 66.3 Å². The number of amides is 5. The quantitative estimate of drug-likeness (QED) is 0.0174. The number of hydrogen-bond donors (Lipinski definition) is 11. The summed E-state index contributed by atoms with van der Waals surface area (Å²) in [5.41, 5.74) is 11.2. The van der Waals surface area contributed by atoms with Crippen LogP contribution in [0, 0.1) is 63.7 Å². The molecule has 5 aromatic heterocycles. The lowest BCUT2D eigenvalue weighted by atomic mass is 9.82. The van der Waals surface area contributed by atoms with Gasteiger partial charge in [0, 0.05) is 183 Å². The number of carbonyl (C=O) groups is 6. The van der Waals surface area contributed by atoms with E-state index in [-0.39, 0.29) is 104 Å². The number of hydrogen-bond acceptors (Lipinski definition) is 25. The van der Waals surface area contributed by atoms with Gasteiger partial charge in [0.15, 0.2) is 29.1 Å². The van der Waals surface area contributed by atoms with Crippen LogP contribution in [-0.2, 0) is 73.5 Å². The zero-order valence-corrected chi connectivity index (χ0v) is 86.8. The van der Waals surface area contributed by atoms with Crippen molar-refractivity contribution in [2.24, 2.45) is 53.0 Å².